The number of aromatic nitrogens is 1. The summed E-state index contributed by atoms with van der Waals surface area (Å²) in [5.41, 5.74) is 0.249. The minimum absolute atomic E-state index is 0.143. The highest BCUT2D eigenvalue weighted by atomic mass is 16.5. The van der Waals surface area contributed by atoms with Gasteiger partial charge in [-0.1, -0.05) is 13.8 Å². The molecule has 1 amide bonds. The molecule has 0 unspecified atom stereocenters. The summed E-state index contributed by atoms with van der Waals surface area (Å²) in [6.45, 7) is 4.39. The van der Waals surface area contributed by atoms with E-state index in [2.05, 4.69) is 4.98 Å². The van der Waals surface area contributed by atoms with Gasteiger partial charge in [0.25, 0.3) is 0 Å². The number of rotatable bonds is 1. The summed E-state index contributed by atoms with van der Waals surface area (Å²) in [4.78, 5) is 26.3. The lowest BCUT2D eigenvalue weighted by atomic mass is 10.1. The summed E-state index contributed by atoms with van der Waals surface area (Å²) in [6.07, 6.45) is -1.23. The van der Waals surface area contributed by atoms with Gasteiger partial charge >= 0.3 is 6.09 Å². The summed E-state index contributed by atoms with van der Waals surface area (Å²) in [6, 6.07) is 2.97. The van der Waals surface area contributed by atoms with Crippen molar-refractivity contribution in [3.05, 3.63) is 28.2 Å². The number of nitrogens with zero attached hydrogens (tertiary/aromatic N) is 1. The monoisotopic (exact) mass is 252 g/mol. The Hall–Kier alpha value is -1.98. The Labute approximate surface area is 104 Å². The van der Waals surface area contributed by atoms with Gasteiger partial charge < -0.3 is 14.8 Å². The standard InChI is InChI=1S/C12H16N2O4/c1-7(2)10-6-14(12(16)17)5-8-9(18-10)3-4-11(15)13-8/h3-4,7,10H,5-6H2,1-2H3,(H,13,15)(H,16,17)/t10-/m1/s1. The van der Waals surface area contributed by atoms with Crippen LogP contribution >= 0.6 is 0 Å². The Bertz CT molecular complexity index is 509. The van der Waals surface area contributed by atoms with Crippen LogP contribution in [0.3, 0.4) is 0 Å². The molecule has 2 N–H and O–H groups in total. The summed E-state index contributed by atoms with van der Waals surface area (Å²) in [7, 11) is 0. The molecule has 0 aromatic carbocycles. The molecule has 2 heterocycles. The first kappa shape index (κ1) is 12.5. The Morgan fingerprint density at radius 3 is 2.89 bits per heavy atom. The molecule has 1 aromatic heterocycles. The first-order valence-corrected chi connectivity index (χ1v) is 5.84. The second-order valence-corrected chi connectivity index (χ2v) is 4.73. The van der Waals surface area contributed by atoms with E-state index in [1.165, 1.54) is 11.0 Å². The van der Waals surface area contributed by atoms with Crippen LogP contribution in [-0.2, 0) is 6.54 Å². The third-order valence-electron chi connectivity index (χ3n) is 3.00. The highest BCUT2D eigenvalue weighted by Crippen LogP contribution is 2.24. The van der Waals surface area contributed by atoms with Crippen molar-refractivity contribution in [2.75, 3.05) is 6.54 Å². The van der Waals surface area contributed by atoms with Gasteiger partial charge in [0.15, 0.2) is 0 Å². The third kappa shape index (κ3) is 2.47. The van der Waals surface area contributed by atoms with Crippen molar-refractivity contribution >= 4 is 6.09 Å². The van der Waals surface area contributed by atoms with Crippen LogP contribution in [0.2, 0.25) is 0 Å². The van der Waals surface area contributed by atoms with Crippen molar-refractivity contribution in [1.82, 2.24) is 9.88 Å². The highest BCUT2D eigenvalue weighted by molar-refractivity contribution is 5.65. The van der Waals surface area contributed by atoms with Gasteiger partial charge in [-0.05, 0) is 12.0 Å². The number of ether oxygens (including phenoxy) is 1. The Morgan fingerprint density at radius 1 is 1.56 bits per heavy atom. The predicted octanol–water partition coefficient (Wildman–Crippen LogP) is 1.27. The molecular formula is C12H16N2O4. The van der Waals surface area contributed by atoms with E-state index in [0.717, 1.165) is 0 Å². The highest BCUT2D eigenvalue weighted by Gasteiger charge is 2.28. The first-order valence-electron chi connectivity index (χ1n) is 5.84. The number of amides is 1. The maximum Gasteiger partial charge on any atom is 0.407 e. The fraction of sp³-hybridized carbons (Fsp3) is 0.500. The molecule has 0 saturated carbocycles. The molecule has 0 saturated heterocycles. The predicted molar refractivity (Wildman–Crippen MR) is 64.8 cm³/mol. The average Bonchev–Trinajstić information content (AvgIpc) is 2.47. The third-order valence-corrected chi connectivity index (χ3v) is 3.00. The van der Waals surface area contributed by atoms with Gasteiger partial charge in [-0.25, -0.2) is 4.79 Å². The molecule has 0 fully saturated rings. The molecule has 0 aliphatic carbocycles. The average molecular weight is 252 g/mol. The lowest BCUT2D eigenvalue weighted by Crippen LogP contribution is -2.38. The maximum atomic E-state index is 11.3. The lowest BCUT2D eigenvalue weighted by molar-refractivity contribution is 0.0959. The number of carboxylic acid groups (broad SMARTS) is 1. The zero-order chi connectivity index (χ0) is 13.3. The molecule has 6 nitrogen and oxygen atoms in total. The minimum Gasteiger partial charge on any atom is -0.486 e. The Kier molecular flexibility index (Phi) is 3.27. The van der Waals surface area contributed by atoms with Gasteiger partial charge in [0.05, 0.1) is 18.8 Å². The van der Waals surface area contributed by atoms with Crippen molar-refractivity contribution in [3.8, 4) is 5.75 Å². The van der Waals surface area contributed by atoms with Crippen LogP contribution in [0, 0.1) is 5.92 Å². The summed E-state index contributed by atoms with van der Waals surface area (Å²) in [5, 5.41) is 9.14. The van der Waals surface area contributed by atoms with Gasteiger partial charge in [-0.15, -0.1) is 0 Å². The van der Waals surface area contributed by atoms with Crippen LogP contribution in [-0.4, -0.2) is 33.7 Å². The summed E-state index contributed by atoms with van der Waals surface area (Å²) in [5.74, 6) is 0.738. The minimum atomic E-state index is -1.01. The normalized spacial score (nSPS) is 19.1. The van der Waals surface area contributed by atoms with Gasteiger partial charge in [-0.3, -0.25) is 9.69 Å². The summed E-state index contributed by atoms with van der Waals surface area (Å²) < 4.78 is 5.78. The van der Waals surface area contributed by atoms with E-state index in [1.54, 1.807) is 6.07 Å². The van der Waals surface area contributed by atoms with Crippen LogP contribution in [0.4, 0.5) is 4.79 Å². The Morgan fingerprint density at radius 2 is 2.28 bits per heavy atom. The van der Waals surface area contributed by atoms with E-state index in [0.29, 0.717) is 18.0 Å². The molecule has 0 spiro atoms. The zero-order valence-corrected chi connectivity index (χ0v) is 10.3. The molecule has 1 aliphatic rings. The molecule has 0 radical (unpaired) electrons. The topological polar surface area (TPSA) is 82.6 Å². The number of carbonyl (C=O) groups is 1. The number of nitrogens with one attached hydrogen (secondary N) is 1. The van der Waals surface area contributed by atoms with E-state index in [1.807, 2.05) is 13.8 Å². The van der Waals surface area contributed by atoms with Crippen LogP contribution in [0.15, 0.2) is 16.9 Å². The fourth-order valence-corrected chi connectivity index (χ4v) is 1.90. The van der Waals surface area contributed by atoms with Gasteiger partial charge in [0.1, 0.15) is 11.9 Å². The van der Waals surface area contributed by atoms with Crippen LogP contribution in [0.25, 0.3) is 0 Å². The summed E-state index contributed by atoms with van der Waals surface area (Å²) >= 11 is 0. The Balaban J connectivity index is 2.39. The van der Waals surface area contributed by atoms with Gasteiger partial charge in [0.2, 0.25) is 5.56 Å². The largest absolute Gasteiger partial charge is 0.486 e. The van der Waals surface area contributed by atoms with E-state index in [9.17, 15) is 9.59 Å². The molecule has 1 aromatic rings. The molecule has 2 rings (SSSR count). The molecule has 98 valence electrons. The van der Waals surface area contributed by atoms with E-state index >= 15 is 0 Å². The van der Waals surface area contributed by atoms with Crippen molar-refractivity contribution in [2.45, 2.75) is 26.5 Å². The quantitative estimate of drug-likeness (QED) is 0.788. The number of fused-ring (bicyclic) bond motifs is 1. The molecule has 18 heavy (non-hydrogen) atoms. The molecule has 0 bridgehead atoms. The zero-order valence-electron chi connectivity index (χ0n) is 10.3. The van der Waals surface area contributed by atoms with Crippen molar-refractivity contribution in [2.24, 2.45) is 5.92 Å². The fourth-order valence-electron chi connectivity index (χ4n) is 1.90. The lowest BCUT2D eigenvalue weighted by Gasteiger charge is -2.24. The molecule has 6 heteroatoms. The number of H-pyrrole nitrogens is 1. The van der Waals surface area contributed by atoms with Gasteiger partial charge in [0, 0.05) is 6.07 Å². The number of pyridine rings is 1. The van der Waals surface area contributed by atoms with E-state index in [-0.39, 0.29) is 24.1 Å². The van der Waals surface area contributed by atoms with Crippen LogP contribution in [0.1, 0.15) is 19.5 Å². The van der Waals surface area contributed by atoms with E-state index in [4.69, 9.17) is 9.84 Å². The van der Waals surface area contributed by atoms with Crippen LogP contribution in [0.5, 0.6) is 5.75 Å². The number of hydrogen-bond donors (Lipinski definition) is 2. The molecule has 1 atom stereocenters. The SMILES string of the molecule is CC(C)[C@H]1CN(C(=O)O)Cc2[nH]c(=O)ccc2O1. The van der Waals surface area contributed by atoms with Crippen LogP contribution < -0.4 is 10.3 Å². The van der Waals surface area contributed by atoms with E-state index < -0.39 is 6.09 Å². The number of hydrogen-bond acceptors (Lipinski definition) is 3. The number of aromatic amines is 1. The van der Waals surface area contributed by atoms with Crippen molar-refractivity contribution in [3.63, 3.8) is 0 Å². The second-order valence-electron chi connectivity index (χ2n) is 4.73. The first-order chi connectivity index (χ1) is 8.47. The van der Waals surface area contributed by atoms with Gasteiger partial charge in [-0.2, -0.15) is 0 Å². The molecule has 1 aliphatic heterocycles. The second kappa shape index (κ2) is 4.72. The maximum absolute atomic E-state index is 11.3. The smallest absolute Gasteiger partial charge is 0.407 e. The van der Waals surface area contributed by atoms with Crippen molar-refractivity contribution < 1.29 is 14.6 Å². The van der Waals surface area contributed by atoms with Crippen molar-refractivity contribution in [1.29, 1.82) is 0 Å². The molecular weight excluding hydrogens is 236 g/mol.